The summed E-state index contributed by atoms with van der Waals surface area (Å²) in [7, 11) is 0. The molecule has 0 atom stereocenters. The smallest absolute Gasteiger partial charge is 0.0441 e. The highest BCUT2D eigenvalue weighted by Crippen LogP contribution is 2.27. The molecule has 94 valence electrons. The maximum atomic E-state index is 5.87. The minimum absolute atomic E-state index is 0.646. The number of nitrogens with zero attached hydrogens (tertiary/aromatic N) is 1. The van der Waals surface area contributed by atoms with Gasteiger partial charge in [0.1, 0.15) is 0 Å². The van der Waals surface area contributed by atoms with Gasteiger partial charge in [0, 0.05) is 25.3 Å². The number of aryl methyl sites for hydroxylation is 1. The van der Waals surface area contributed by atoms with Crippen molar-refractivity contribution in [2.75, 3.05) is 18.0 Å². The fraction of sp³-hybridized carbons (Fsp3) is 0.600. The molecular weight excluding hydrogens is 208 g/mol. The van der Waals surface area contributed by atoms with Gasteiger partial charge in [0.05, 0.1) is 0 Å². The molecule has 0 aromatic heterocycles. The summed E-state index contributed by atoms with van der Waals surface area (Å²) in [5, 5.41) is 0. The highest BCUT2D eigenvalue weighted by Gasteiger charge is 2.14. The topological polar surface area (TPSA) is 29.3 Å². The van der Waals surface area contributed by atoms with Gasteiger partial charge in [-0.1, -0.05) is 37.5 Å². The number of para-hydroxylation sites is 1. The van der Waals surface area contributed by atoms with E-state index < -0.39 is 0 Å². The van der Waals surface area contributed by atoms with Gasteiger partial charge in [-0.3, -0.25) is 0 Å². The molecule has 0 unspecified atom stereocenters. The normalized spacial score (nSPS) is 17.6. The maximum absolute atomic E-state index is 5.87. The summed E-state index contributed by atoms with van der Waals surface area (Å²) in [6, 6.07) is 6.49. The molecule has 1 fully saturated rings. The summed E-state index contributed by atoms with van der Waals surface area (Å²) < 4.78 is 0. The largest absolute Gasteiger partial charge is 0.371 e. The van der Waals surface area contributed by atoms with Crippen LogP contribution in [0.3, 0.4) is 0 Å². The summed E-state index contributed by atoms with van der Waals surface area (Å²) in [5.41, 5.74) is 9.94. The van der Waals surface area contributed by atoms with E-state index in [4.69, 9.17) is 5.73 Å². The standard InChI is InChI=1S/C15H24N2/c1-13-8-7-9-14(12-16)15(13)17-10-5-3-2-4-6-11-17/h7-9H,2-6,10-12,16H2,1H3. The Bertz CT molecular complexity index is 352. The van der Waals surface area contributed by atoms with Gasteiger partial charge >= 0.3 is 0 Å². The lowest BCUT2D eigenvalue weighted by molar-refractivity contribution is 0.555. The van der Waals surface area contributed by atoms with Crippen molar-refractivity contribution in [2.24, 2.45) is 5.73 Å². The molecule has 1 saturated heterocycles. The molecular formula is C15H24N2. The molecule has 2 nitrogen and oxygen atoms in total. The summed E-state index contributed by atoms with van der Waals surface area (Å²) in [4.78, 5) is 2.55. The summed E-state index contributed by atoms with van der Waals surface area (Å²) in [6.07, 6.45) is 6.79. The van der Waals surface area contributed by atoms with Crippen LogP contribution in [0.5, 0.6) is 0 Å². The molecule has 1 heterocycles. The lowest BCUT2D eigenvalue weighted by Crippen LogP contribution is -2.29. The fourth-order valence-corrected chi connectivity index (χ4v) is 2.81. The van der Waals surface area contributed by atoms with Crippen molar-refractivity contribution in [3.8, 4) is 0 Å². The first-order valence-corrected chi connectivity index (χ1v) is 6.86. The Morgan fingerprint density at radius 1 is 1.06 bits per heavy atom. The lowest BCUT2D eigenvalue weighted by Gasteiger charge is -2.30. The molecule has 1 aliphatic rings. The fourth-order valence-electron chi connectivity index (χ4n) is 2.81. The van der Waals surface area contributed by atoms with Gasteiger partial charge in [-0.15, -0.1) is 0 Å². The number of anilines is 1. The van der Waals surface area contributed by atoms with Crippen molar-refractivity contribution in [3.63, 3.8) is 0 Å². The zero-order valence-corrected chi connectivity index (χ0v) is 10.9. The Balaban J connectivity index is 2.23. The van der Waals surface area contributed by atoms with Crippen molar-refractivity contribution in [3.05, 3.63) is 29.3 Å². The van der Waals surface area contributed by atoms with Crippen LogP contribution < -0.4 is 10.6 Å². The molecule has 1 aliphatic heterocycles. The summed E-state index contributed by atoms with van der Waals surface area (Å²) in [6.45, 7) is 5.23. The molecule has 17 heavy (non-hydrogen) atoms. The molecule has 2 heteroatoms. The van der Waals surface area contributed by atoms with Gasteiger partial charge in [0.15, 0.2) is 0 Å². The third kappa shape index (κ3) is 3.01. The van der Waals surface area contributed by atoms with E-state index in [2.05, 4.69) is 30.0 Å². The summed E-state index contributed by atoms with van der Waals surface area (Å²) in [5.74, 6) is 0. The van der Waals surface area contributed by atoms with Crippen molar-refractivity contribution >= 4 is 5.69 Å². The molecule has 0 saturated carbocycles. The van der Waals surface area contributed by atoms with Gasteiger partial charge in [-0.2, -0.15) is 0 Å². The van der Waals surface area contributed by atoms with Crippen LogP contribution in [0.4, 0.5) is 5.69 Å². The third-order valence-corrected chi connectivity index (χ3v) is 3.71. The van der Waals surface area contributed by atoms with E-state index in [1.165, 1.54) is 62.0 Å². The Morgan fingerprint density at radius 3 is 2.35 bits per heavy atom. The van der Waals surface area contributed by atoms with Gasteiger partial charge in [-0.05, 0) is 30.9 Å². The van der Waals surface area contributed by atoms with Crippen molar-refractivity contribution in [2.45, 2.75) is 45.6 Å². The lowest BCUT2D eigenvalue weighted by atomic mass is 10.0. The average Bonchev–Trinajstić information content (AvgIpc) is 2.29. The molecule has 2 N–H and O–H groups in total. The quantitative estimate of drug-likeness (QED) is 0.848. The van der Waals surface area contributed by atoms with Gasteiger partial charge in [0.25, 0.3) is 0 Å². The number of hydrogen-bond acceptors (Lipinski definition) is 2. The van der Waals surface area contributed by atoms with Crippen LogP contribution in [0.25, 0.3) is 0 Å². The molecule has 0 radical (unpaired) electrons. The van der Waals surface area contributed by atoms with Crippen LogP contribution in [-0.2, 0) is 6.54 Å². The van der Waals surface area contributed by atoms with Crippen LogP contribution in [0.15, 0.2) is 18.2 Å². The Morgan fingerprint density at radius 2 is 1.71 bits per heavy atom. The van der Waals surface area contributed by atoms with Crippen LogP contribution in [0.2, 0.25) is 0 Å². The zero-order valence-electron chi connectivity index (χ0n) is 10.9. The Labute approximate surface area is 105 Å². The Hall–Kier alpha value is -1.02. The van der Waals surface area contributed by atoms with Crippen molar-refractivity contribution in [1.82, 2.24) is 0 Å². The molecule has 0 aliphatic carbocycles. The van der Waals surface area contributed by atoms with Gasteiger partial charge < -0.3 is 10.6 Å². The second-order valence-electron chi connectivity index (χ2n) is 5.04. The first-order chi connectivity index (χ1) is 8.33. The predicted molar refractivity (Wildman–Crippen MR) is 74.4 cm³/mol. The van der Waals surface area contributed by atoms with Crippen molar-refractivity contribution in [1.29, 1.82) is 0 Å². The highest BCUT2D eigenvalue weighted by molar-refractivity contribution is 5.59. The van der Waals surface area contributed by atoms with Crippen LogP contribution >= 0.6 is 0 Å². The van der Waals surface area contributed by atoms with Crippen LogP contribution in [0, 0.1) is 6.92 Å². The number of benzene rings is 1. The summed E-state index contributed by atoms with van der Waals surface area (Å²) >= 11 is 0. The minimum Gasteiger partial charge on any atom is -0.371 e. The first-order valence-electron chi connectivity index (χ1n) is 6.86. The third-order valence-electron chi connectivity index (χ3n) is 3.71. The van der Waals surface area contributed by atoms with E-state index in [-0.39, 0.29) is 0 Å². The second kappa shape index (κ2) is 6.06. The predicted octanol–water partition coefficient (Wildman–Crippen LogP) is 3.22. The molecule has 0 amide bonds. The van der Waals surface area contributed by atoms with E-state index in [0.717, 1.165) is 0 Å². The van der Waals surface area contributed by atoms with Crippen LogP contribution in [0.1, 0.15) is 43.2 Å². The Kier molecular flexibility index (Phi) is 4.43. The molecule has 2 rings (SSSR count). The monoisotopic (exact) mass is 232 g/mol. The van der Waals surface area contributed by atoms with E-state index in [1.54, 1.807) is 0 Å². The zero-order chi connectivity index (χ0) is 12.1. The van der Waals surface area contributed by atoms with Crippen LogP contribution in [-0.4, -0.2) is 13.1 Å². The molecule has 0 spiro atoms. The first kappa shape index (κ1) is 12.4. The van der Waals surface area contributed by atoms with E-state index in [0.29, 0.717) is 6.54 Å². The number of rotatable bonds is 2. The molecule has 1 aromatic carbocycles. The maximum Gasteiger partial charge on any atom is 0.0441 e. The molecule has 0 bridgehead atoms. The molecule has 1 aromatic rings. The van der Waals surface area contributed by atoms with E-state index >= 15 is 0 Å². The number of hydrogen-bond donors (Lipinski definition) is 1. The minimum atomic E-state index is 0.646. The highest BCUT2D eigenvalue weighted by atomic mass is 15.1. The van der Waals surface area contributed by atoms with E-state index in [1.807, 2.05) is 0 Å². The van der Waals surface area contributed by atoms with E-state index in [9.17, 15) is 0 Å². The SMILES string of the molecule is Cc1cccc(CN)c1N1CCCCCCC1. The van der Waals surface area contributed by atoms with Gasteiger partial charge in [-0.25, -0.2) is 0 Å². The number of nitrogens with two attached hydrogens (primary N) is 1. The second-order valence-corrected chi connectivity index (χ2v) is 5.04. The van der Waals surface area contributed by atoms with Gasteiger partial charge in [0.2, 0.25) is 0 Å². The average molecular weight is 232 g/mol. The van der Waals surface area contributed by atoms with Crippen molar-refractivity contribution < 1.29 is 0 Å².